The minimum Gasteiger partial charge on any atom is -0.394 e. The van der Waals surface area contributed by atoms with Gasteiger partial charge in [0.1, 0.15) is 24.4 Å². The molecular formula is C79H153NO8. The first-order chi connectivity index (χ1) is 43.3. The third kappa shape index (κ3) is 56.2. The Morgan fingerprint density at radius 2 is 0.648 bits per heavy atom. The monoisotopic (exact) mass is 1240 g/mol. The van der Waals surface area contributed by atoms with Gasteiger partial charge in [-0.05, 0) is 32.1 Å². The van der Waals surface area contributed by atoms with Crippen molar-refractivity contribution in [3.63, 3.8) is 0 Å². The van der Waals surface area contributed by atoms with Crippen LogP contribution in [0.4, 0.5) is 0 Å². The van der Waals surface area contributed by atoms with Gasteiger partial charge >= 0.3 is 0 Å². The molecule has 522 valence electrons. The van der Waals surface area contributed by atoms with Gasteiger partial charge in [-0.2, -0.15) is 0 Å². The quantitative estimate of drug-likeness (QED) is 0.0261. The molecule has 7 unspecified atom stereocenters. The molecule has 1 rings (SSSR count). The predicted octanol–water partition coefficient (Wildman–Crippen LogP) is 22.4. The van der Waals surface area contributed by atoms with E-state index in [-0.39, 0.29) is 12.5 Å². The molecule has 6 N–H and O–H groups in total. The van der Waals surface area contributed by atoms with Crippen LogP contribution in [0.15, 0.2) is 24.3 Å². The fourth-order valence-electron chi connectivity index (χ4n) is 13.1. The minimum atomic E-state index is -1.57. The van der Waals surface area contributed by atoms with Crippen molar-refractivity contribution in [3.05, 3.63) is 24.3 Å². The molecule has 0 aromatic rings. The smallest absolute Gasteiger partial charge is 0.220 e. The minimum absolute atomic E-state index is 0.177. The summed E-state index contributed by atoms with van der Waals surface area (Å²) < 4.78 is 11.3. The van der Waals surface area contributed by atoms with Gasteiger partial charge in [-0.15, -0.1) is 0 Å². The van der Waals surface area contributed by atoms with Crippen molar-refractivity contribution in [1.82, 2.24) is 5.32 Å². The third-order valence-corrected chi connectivity index (χ3v) is 19.3. The molecule has 0 saturated carbocycles. The van der Waals surface area contributed by atoms with Crippen LogP contribution in [0, 0.1) is 0 Å². The number of carbonyl (C=O) groups is 1. The van der Waals surface area contributed by atoms with Crippen molar-refractivity contribution >= 4 is 5.91 Å². The largest absolute Gasteiger partial charge is 0.394 e. The van der Waals surface area contributed by atoms with Crippen molar-refractivity contribution in [3.8, 4) is 0 Å². The number of hydrogen-bond acceptors (Lipinski definition) is 8. The standard InChI is InChI=1S/C79H153NO8/c1-3-5-7-9-11-13-15-17-19-21-23-25-27-29-30-31-32-33-34-35-36-37-38-39-40-41-42-43-44-45-47-49-51-53-55-57-59-61-63-65-67-69-75(83)80-72(71-87-79-78(86)77(85)76(84)74(70-81)88-79)73(82)68-66-64-62-60-58-56-54-52-50-48-46-28-26-24-22-20-18-16-14-12-10-8-6-4-2/h58,60,66,68,72-74,76-79,81-82,84-86H,3-57,59,61-65,67,69-71H2,1-2H3,(H,80,83)/b60-58+,68-66+. The summed E-state index contributed by atoms with van der Waals surface area (Å²) in [5.41, 5.74) is 0. The van der Waals surface area contributed by atoms with E-state index in [1.54, 1.807) is 6.08 Å². The Kier molecular flexibility index (Phi) is 65.9. The zero-order valence-corrected chi connectivity index (χ0v) is 58.8. The van der Waals surface area contributed by atoms with Gasteiger partial charge in [-0.25, -0.2) is 0 Å². The number of nitrogens with one attached hydrogen (secondary N) is 1. The highest BCUT2D eigenvalue weighted by atomic mass is 16.7. The summed E-state index contributed by atoms with van der Waals surface area (Å²) in [5, 5.41) is 54.8. The average Bonchev–Trinajstić information content (AvgIpc) is 3.70. The topological polar surface area (TPSA) is 149 Å². The van der Waals surface area contributed by atoms with Crippen LogP contribution in [0.5, 0.6) is 0 Å². The number of rotatable bonds is 71. The molecule has 0 spiro atoms. The van der Waals surface area contributed by atoms with E-state index < -0.39 is 49.5 Å². The van der Waals surface area contributed by atoms with Crippen molar-refractivity contribution in [1.29, 1.82) is 0 Å². The van der Waals surface area contributed by atoms with Crippen LogP contribution in [0.3, 0.4) is 0 Å². The Morgan fingerprint density at radius 1 is 0.375 bits per heavy atom. The van der Waals surface area contributed by atoms with E-state index in [4.69, 9.17) is 9.47 Å². The van der Waals surface area contributed by atoms with Gasteiger partial charge in [-0.1, -0.05) is 404 Å². The molecule has 1 saturated heterocycles. The maximum absolute atomic E-state index is 13.1. The Labute approximate surface area is 547 Å². The highest BCUT2D eigenvalue weighted by Crippen LogP contribution is 2.24. The Morgan fingerprint density at radius 3 is 0.955 bits per heavy atom. The van der Waals surface area contributed by atoms with Crippen molar-refractivity contribution in [2.75, 3.05) is 13.2 Å². The van der Waals surface area contributed by atoms with Crippen LogP contribution in [-0.2, 0) is 14.3 Å². The third-order valence-electron chi connectivity index (χ3n) is 19.3. The summed E-state index contributed by atoms with van der Waals surface area (Å²) in [4.78, 5) is 13.1. The highest BCUT2D eigenvalue weighted by Gasteiger charge is 2.44. The molecule has 1 aliphatic rings. The van der Waals surface area contributed by atoms with E-state index in [1.165, 1.54) is 360 Å². The van der Waals surface area contributed by atoms with Gasteiger partial charge in [0.2, 0.25) is 5.91 Å². The zero-order valence-electron chi connectivity index (χ0n) is 58.8. The first kappa shape index (κ1) is 84.7. The average molecular weight is 1250 g/mol. The first-order valence-corrected chi connectivity index (χ1v) is 39.6. The van der Waals surface area contributed by atoms with Crippen LogP contribution >= 0.6 is 0 Å². The maximum Gasteiger partial charge on any atom is 0.220 e. The molecule has 0 radical (unpaired) electrons. The fraction of sp³-hybridized carbons (Fsp3) is 0.937. The van der Waals surface area contributed by atoms with E-state index >= 15 is 0 Å². The molecule has 9 nitrogen and oxygen atoms in total. The molecule has 88 heavy (non-hydrogen) atoms. The van der Waals surface area contributed by atoms with Gasteiger partial charge in [-0.3, -0.25) is 4.79 Å². The van der Waals surface area contributed by atoms with Crippen LogP contribution < -0.4 is 5.32 Å². The lowest BCUT2D eigenvalue weighted by Gasteiger charge is -2.40. The Bertz CT molecular complexity index is 1440. The van der Waals surface area contributed by atoms with E-state index in [9.17, 15) is 30.3 Å². The molecule has 1 amide bonds. The second kappa shape index (κ2) is 68.5. The van der Waals surface area contributed by atoms with Gasteiger partial charge in [0.25, 0.3) is 0 Å². The van der Waals surface area contributed by atoms with E-state index in [1.807, 2.05) is 6.08 Å². The molecular weight excluding hydrogens is 1090 g/mol. The number of aliphatic hydroxyl groups excluding tert-OH is 5. The normalized spacial score (nSPS) is 17.9. The highest BCUT2D eigenvalue weighted by molar-refractivity contribution is 5.76. The van der Waals surface area contributed by atoms with Gasteiger partial charge in [0.05, 0.1) is 25.4 Å². The predicted molar refractivity (Wildman–Crippen MR) is 378 cm³/mol. The molecule has 1 fully saturated rings. The van der Waals surface area contributed by atoms with Crippen molar-refractivity contribution < 1.29 is 39.8 Å². The van der Waals surface area contributed by atoms with Crippen molar-refractivity contribution in [2.45, 2.75) is 461 Å². The summed E-state index contributed by atoms with van der Waals surface area (Å²) in [7, 11) is 0. The molecule has 1 aliphatic heterocycles. The summed E-state index contributed by atoms with van der Waals surface area (Å²) in [5.74, 6) is -0.177. The van der Waals surface area contributed by atoms with Crippen LogP contribution in [-0.4, -0.2) is 87.5 Å². The number of ether oxygens (including phenoxy) is 2. The SMILES string of the molecule is CCCCCCCCCCCCCCCCCCCC/C=C/CC/C=C/C(O)C(COC1OC(CO)C(O)C(O)C1O)NC(=O)CCCCCCCCCCCCCCCCCCCCCCCCCCCCCCCCCCCCCCCCCCC. The van der Waals surface area contributed by atoms with Gasteiger partial charge < -0.3 is 40.3 Å². The van der Waals surface area contributed by atoms with E-state index in [0.717, 1.165) is 38.5 Å². The number of unbranched alkanes of at least 4 members (excludes halogenated alkanes) is 59. The van der Waals surface area contributed by atoms with Crippen molar-refractivity contribution in [2.24, 2.45) is 0 Å². The summed E-state index contributed by atoms with van der Waals surface area (Å²) in [6.45, 7) is 3.83. The molecule has 0 aromatic carbocycles. The molecule has 0 aromatic heterocycles. The summed E-state index contributed by atoms with van der Waals surface area (Å²) >= 11 is 0. The molecule has 9 heteroatoms. The van der Waals surface area contributed by atoms with Gasteiger partial charge in [0.15, 0.2) is 6.29 Å². The van der Waals surface area contributed by atoms with Crippen LogP contribution in [0.25, 0.3) is 0 Å². The number of carbonyl (C=O) groups excluding carboxylic acids is 1. The lowest BCUT2D eigenvalue weighted by molar-refractivity contribution is -0.302. The fourth-order valence-corrected chi connectivity index (χ4v) is 13.1. The maximum atomic E-state index is 13.1. The molecule has 0 aliphatic carbocycles. The summed E-state index contributed by atoms with van der Waals surface area (Å²) in [6, 6.07) is -0.821. The van der Waals surface area contributed by atoms with Crippen LogP contribution in [0.2, 0.25) is 0 Å². The number of hydrogen-bond donors (Lipinski definition) is 6. The molecule has 7 atom stereocenters. The molecule has 0 bridgehead atoms. The number of amides is 1. The van der Waals surface area contributed by atoms with E-state index in [2.05, 4.69) is 31.3 Å². The zero-order chi connectivity index (χ0) is 63.5. The van der Waals surface area contributed by atoms with Crippen LogP contribution in [0.1, 0.15) is 418 Å². The van der Waals surface area contributed by atoms with Gasteiger partial charge in [0, 0.05) is 6.42 Å². The number of aliphatic hydroxyl groups is 5. The lowest BCUT2D eigenvalue weighted by atomic mass is 9.99. The Balaban J connectivity index is 2.03. The first-order valence-electron chi connectivity index (χ1n) is 39.6. The summed E-state index contributed by atoms with van der Waals surface area (Å²) in [6.07, 6.45) is 84.9. The number of allylic oxidation sites excluding steroid dienone is 3. The second-order valence-electron chi connectivity index (χ2n) is 27.9. The van der Waals surface area contributed by atoms with E-state index in [0.29, 0.717) is 6.42 Å². The Hall–Kier alpha value is -1.33. The second-order valence-corrected chi connectivity index (χ2v) is 27.9. The lowest BCUT2D eigenvalue weighted by Crippen LogP contribution is -2.60. The molecule has 1 heterocycles.